The first kappa shape index (κ1) is 12.7. The fourth-order valence-electron chi connectivity index (χ4n) is 3.08. The lowest BCUT2D eigenvalue weighted by atomic mass is 9.92. The van der Waals surface area contributed by atoms with Crippen LogP contribution in [0.3, 0.4) is 0 Å². The average molecular weight is 293 g/mol. The molecule has 4 rings (SSSR count). The third-order valence-corrected chi connectivity index (χ3v) is 5.49. The third kappa shape index (κ3) is 1.96. The molecule has 20 heavy (non-hydrogen) atoms. The Labute approximate surface area is 121 Å². The van der Waals surface area contributed by atoms with Gasteiger partial charge in [0.1, 0.15) is 11.1 Å². The van der Waals surface area contributed by atoms with Crippen molar-refractivity contribution in [2.45, 2.75) is 50.7 Å². The first-order chi connectivity index (χ1) is 9.76. The molecule has 0 aliphatic carbocycles. The zero-order valence-electron chi connectivity index (χ0n) is 11.6. The second-order valence-corrected chi connectivity index (χ2v) is 6.83. The SMILES string of the molecule is CC1(c2nn3c(C4CCCO4)nnc3s2)CCCCN1. The second kappa shape index (κ2) is 4.75. The molecular formula is C13H19N5OS. The number of ether oxygens (including phenoxy) is 1. The van der Waals surface area contributed by atoms with Crippen molar-refractivity contribution in [3.8, 4) is 0 Å². The summed E-state index contributed by atoms with van der Waals surface area (Å²) >= 11 is 1.64. The zero-order valence-corrected chi connectivity index (χ0v) is 12.4. The Morgan fingerprint density at radius 3 is 3.05 bits per heavy atom. The highest BCUT2D eigenvalue weighted by Crippen LogP contribution is 2.34. The molecule has 2 aromatic heterocycles. The topological polar surface area (TPSA) is 64.3 Å². The largest absolute Gasteiger partial charge is 0.370 e. The molecule has 0 radical (unpaired) electrons. The van der Waals surface area contributed by atoms with Crippen LogP contribution in [0.1, 0.15) is 56.0 Å². The van der Waals surface area contributed by atoms with Crippen molar-refractivity contribution in [1.82, 2.24) is 25.1 Å². The van der Waals surface area contributed by atoms with E-state index in [0.29, 0.717) is 0 Å². The highest BCUT2D eigenvalue weighted by atomic mass is 32.1. The van der Waals surface area contributed by atoms with Crippen molar-refractivity contribution in [2.24, 2.45) is 0 Å². The fourth-order valence-corrected chi connectivity index (χ4v) is 4.07. The van der Waals surface area contributed by atoms with Crippen molar-refractivity contribution >= 4 is 16.3 Å². The molecule has 6 nitrogen and oxygen atoms in total. The van der Waals surface area contributed by atoms with E-state index in [9.17, 15) is 0 Å². The summed E-state index contributed by atoms with van der Waals surface area (Å²) in [5.74, 6) is 0.861. The number of hydrogen-bond donors (Lipinski definition) is 1. The van der Waals surface area contributed by atoms with Crippen LogP contribution >= 0.6 is 11.3 Å². The van der Waals surface area contributed by atoms with Crippen molar-refractivity contribution in [3.05, 3.63) is 10.8 Å². The molecule has 4 heterocycles. The maximum atomic E-state index is 5.71. The predicted molar refractivity (Wildman–Crippen MR) is 75.8 cm³/mol. The Balaban J connectivity index is 1.71. The molecule has 2 fully saturated rings. The van der Waals surface area contributed by atoms with Gasteiger partial charge in [0.2, 0.25) is 4.96 Å². The van der Waals surface area contributed by atoms with Crippen molar-refractivity contribution < 1.29 is 4.74 Å². The van der Waals surface area contributed by atoms with Crippen LogP contribution < -0.4 is 5.32 Å². The van der Waals surface area contributed by atoms with Gasteiger partial charge in [0.15, 0.2) is 5.82 Å². The molecule has 0 bridgehead atoms. The molecule has 2 aromatic rings. The van der Waals surface area contributed by atoms with E-state index in [1.54, 1.807) is 11.3 Å². The predicted octanol–water partition coefficient (Wildman–Crippen LogP) is 2.03. The Bertz CT molecular complexity index is 609. The molecule has 108 valence electrons. The zero-order chi connectivity index (χ0) is 13.6. The Hall–Kier alpha value is -1.05. The van der Waals surface area contributed by atoms with Crippen molar-refractivity contribution in [1.29, 1.82) is 0 Å². The van der Waals surface area contributed by atoms with Crippen LogP contribution in [0.4, 0.5) is 0 Å². The summed E-state index contributed by atoms with van der Waals surface area (Å²) in [6, 6.07) is 0. The summed E-state index contributed by atoms with van der Waals surface area (Å²) in [4.78, 5) is 0.874. The number of nitrogens with zero attached hydrogens (tertiary/aromatic N) is 4. The summed E-state index contributed by atoms with van der Waals surface area (Å²) in [7, 11) is 0. The molecule has 1 N–H and O–H groups in total. The third-order valence-electron chi connectivity index (χ3n) is 4.32. The molecule has 0 spiro atoms. The summed E-state index contributed by atoms with van der Waals surface area (Å²) < 4.78 is 7.60. The highest BCUT2D eigenvalue weighted by Gasteiger charge is 2.33. The van der Waals surface area contributed by atoms with Gasteiger partial charge >= 0.3 is 0 Å². The summed E-state index contributed by atoms with van der Waals surface area (Å²) in [6.07, 6.45) is 5.81. The van der Waals surface area contributed by atoms with Crippen LogP contribution in [0.5, 0.6) is 0 Å². The molecule has 2 saturated heterocycles. The van der Waals surface area contributed by atoms with Crippen LogP contribution in [-0.4, -0.2) is 33.0 Å². The van der Waals surface area contributed by atoms with E-state index in [4.69, 9.17) is 9.84 Å². The lowest BCUT2D eigenvalue weighted by molar-refractivity contribution is 0.103. The van der Waals surface area contributed by atoms with E-state index in [2.05, 4.69) is 22.4 Å². The van der Waals surface area contributed by atoms with Gasteiger partial charge in [-0.3, -0.25) is 0 Å². The van der Waals surface area contributed by atoms with Gasteiger partial charge in [-0.15, -0.1) is 10.2 Å². The normalized spacial score (nSPS) is 31.1. The average Bonchev–Trinajstić information content (AvgIpc) is 3.15. The number of nitrogens with one attached hydrogen (secondary N) is 1. The molecular weight excluding hydrogens is 274 g/mol. The van der Waals surface area contributed by atoms with Crippen molar-refractivity contribution in [3.63, 3.8) is 0 Å². The molecule has 0 amide bonds. The van der Waals surface area contributed by atoms with Gasteiger partial charge in [-0.25, -0.2) is 0 Å². The van der Waals surface area contributed by atoms with Crippen LogP contribution in [0.15, 0.2) is 0 Å². The molecule has 2 aliphatic rings. The molecule has 0 aromatic carbocycles. The van der Waals surface area contributed by atoms with Gasteiger partial charge in [0.25, 0.3) is 0 Å². The Kier molecular flexibility index (Phi) is 3.01. The maximum absolute atomic E-state index is 5.71. The smallest absolute Gasteiger partial charge is 0.234 e. The fraction of sp³-hybridized carbons (Fsp3) is 0.769. The minimum Gasteiger partial charge on any atom is -0.370 e. The van der Waals surface area contributed by atoms with E-state index >= 15 is 0 Å². The lowest BCUT2D eigenvalue weighted by Crippen LogP contribution is -2.43. The molecule has 2 aliphatic heterocycles. The van der Waals surface area contributed by atoms with Crippen LogP contribution in [0.25, 0.3) is 4.96 Å². The highest BCUT2D eigenvalue weighted by molar-refractivity contribution is 7.16. The number of aromatic nitrogens is 4. The van der Waals surface area contributed by atoms with Gasteiger partial charge in [-0.1, -0.05) is 11.3 Å². The molecule has 7 heteroatoms. The van der Waals surface area contributed by atoms with Gasteiger partial charge in [-0.05, 0) is 45.6 Å². The first-order valence-electron chi connectivity index (χ1n) is 7.35. The van der Waals surface area contributed by atoms with Gasteiger partial charge in [-0.2, -0.15) is 9.61 Å². The summed E-state index contributed by atoms with van der Waals surface area (Å²) in [5, 5.41) is 18.0. The molecule has 0 saturated carbocycles. The minimum absolute atomic E-state index is 0.0164. The number of piperidine rings is 1. The minimum atomic E-state index is -0.0164. The lowest BCUT2D eigenvalue weighted by Gasteiger charge is -2.32. The van der Waals surface area contributed by atoms with Gasteiger partial charge in [0, 0.05) is 6.61 Å². The Morgan fingerprint density at radius 2 is 2.30 bits per heavy atom. The van der Waals surface area contributed by atoms with E-state index < -0.39 is 0 Å². The monoisotopic (exact) mass is 293 g/mol. The standard InChI is InChI=1S/C13H19N5OS/c1-13(6-2-3-7-14-13)11-17-18-10(9-5-4-8-19-9)15-16-12(18)20-11/h9,14H,2-8H2,1H3. The van der Waals surface area contributed by atoms with E-state index in [-0.39, 0.29) is 11.6 Å². The van der Waals surface area contributed by atoms with Crippen LogP contribution in [0, 0.1) is 0 Å². The van der Waals surface area contributed by atoms with E-state index in [1.807, 2.05) is 4.52 Å². The number of hydrogen-bond acceptors (Lipinski definition) is 6. The Morgan fingerprint density at radius 1 is 1.35 bits per heavy atom. The quantitative estimate of drug-likeness (QED) is 0.918. The molecule has 2 unspecified atom stereocenters. The summed E-state index contributed by atoms with van der Waals surface area (Å²) in [6.45, 7) is 4.12. The first-order valence-corrected chi connectivity index (χ1v) is 8.17. The second-order valence-electron chi connectivity index (χ2n) is 5.88. The van der Waals surface area contributed by atoms with Crippen molar-refractivity contribution in [2.75, 3.05) is 13.2 Å². The van der Waals surface area contributed by atoms with E-state index in [1.165, 1.54) is 12.8 Å². The van der Waals surface area contributed by atoms with Crippen LogP contribution in [0.2, 0.25) is 0 Å². The number of rotatable bonds is 2. The molecule has 2 atom stereocenters. The number of fused-ring (bicyclic) bond motifs is 1. The summed E-state index contributed by atoms with van der Waals surface area (Å²) in [5.41, 5.74) is -0.0164. The maximum Gasteiger partial charge on any atom is 0.234 e. The van der Waals surface area contributed by atoms with Gasteiger partial charge in [0.05, 0.1) is 5.54 Å². The van der Waals surface area contributed by atoms with E-state index in [0.717, 1.165) is 48.2 Å². The van der Waals surface area contributed by atoms with Gasteiger partial charge < -0.3 is 10.1 Å². The van der Waals surface area contributed by atoms with Crippen LogP contribution in [-0.2, 0) is 10.3 Å².